The molecular formula is C21H19BrN4O2. The van der Waals surface area contributed by atoms with E-state index in [1.54, 1.807) is 6.20 Å². The van der Waals surface area contributed by atoms with Crippen LogP contribution in [0.2, 0.25) is 0 Å². The van der Waals surface area contributed by atoms with Crippen molar-refractivity contribution in [3.05, 3.63) is 76.0 Å². The first-order valence-electron chi connectivity index (χ1n) is 8.99. The van der Waals surface area contributed by atoms with Crippen LogP contribution >= 0.6 is 15.9 Å². The van der Waals surface area contributed by atoms with E-state index in [1.165, 1.54) is 7.11 Å². The van der Waals surface area contributed by atoms with Crippen molar-refractivity contribution < 1.29 is 9.53 Å². The number of ether oxygens (including phenoxy) is 1. The minimum absolute atomic E-state index is 0.256. The molecule has 3 heterocycles. The normalized spacial score (nSPS) is 15.2. The molecule has 6 nitrogen and oxygen atoms in total. The molecule has 1 unspecified atom stereocenters. The highest BCUT2D eigenvalue weighted by atomic mass is 79.9. The molecule has 0 saturated carbocycles. The van der Waals surface area contributed by atoms with E-state index in [0.29, 0.717) is 6.42 Å². The predicted octanol–water partition coefficient (Wildman–Crippen LogP) is 4.18. The number of pyridine rings is 1. The molecule has 0 fully saturated rings. The van der Waals surface area contributed by atoms with Crippen molar-refractivity contribution in [2.75, 3.05) is 7.11 Å². The number of fused-ring (bicyclic) bond motifs is 3. The number of rotatable bonds is 4. The molecule has 1 atom stereocenters. The van der Waals surface area contributed by atoms with Crippen LogP contribution in [-0.4, -0.2) is 33.3 Å². The van der Waals surface area contributed by atoms with Gasteiger partial charge in [0.05, 0.1) is 24.2 Å². The van der Waals surface area contributed by atoms with Crippen LogP contribution in [0.1, 0.15) is 41.7 Å². The van der Waals surface area contributed by atoms with E-state index in [-0.39, 0.29) is 18.4 Å². The third-order valence-corrected chi connectivity index (χ3v) is 5.25. The summed E-state index contributed by atoms with van der Waals surface area (Å²) in [6.07, 6.45) is 4.38. The van der Waals surface area contributed by atoms with Crippen LogP contribution in [0.15, 0.2) is 58.3 Å². The SMILES string of the molecule is COC(=O)CCC1N=C(c2ccccn2)c2cc(Br)ccc2-n2c(C)cnc21. The summed E-state index contributed by atoms with van der Waals surface area (Å²) >= 11 is 3.58. The van der Waals surface area contributed by atoms with Crippen molar-refractivity contribution in [2.45, 2.75) is 25.8 Å². The second kappa shape index (κ2) is 7.67. The molecule has 28 heavy (non-hydrogen) atoms. The van der Waals surface area contributed by atoms with E-state index in [4.69, 9.17) is 9.73 Å². The minimum atomic E-state index is -0.281. The van der Waals surface area contributed by atoms with Crippen molar-refractivity contribution in [2.24, 2.45) is 4.99 Å². The van der Waals surface area contributed by atoms with Crippen molar-refractivity contribution in [1.82, 2.24) is 14.5 Å². The second-order valence-corrected chi connectivity index (χ2v) is 7.49. The zero-order chi connectivity index (χ0) is 19.7. The average Bonchev–Trinajstić information content (AvgIpc) is 3.03. The highest BCUT2D eigenvalue weighted by molar-refractivity contribution is 9.10. The molecule has 0 spiro atoms. The van der Waals surface area contributed by atoms with Gasteiger partial charge in [-0.2, -0.15) is 0 Å². The van der Waals surface area contributed by atoms with Crippen LogP contribution in [0.25, 0.3) is 5.69 Å². The number of carbonyl (C=O) groups excluding carboxylic acids is 1. The second-order valence-electron chi connectivity index (χ2n) is 6.58. The van der Waals surface area contributed by atoms with Crippen LogP contribution in [0.3, 0.4) is 0 Å². The van der Waals surface area contributed by atoms with Gasteiger partial charge < -0.3 is 4.74 Å². The molecule has 2 aromatic heterocycles. The van der Waals surface area contributed by atoms with Gasteiger partial charge >= 0.3 is 5.97 Å². The summed E-state index contributed by atoms with van der Waals surface area (Å²) in [5, 5.41) is 0. The first kappa shape index (κ1) is 18.6. The Bertz CT molecular complexity index is 1060. The maximum atomic E-state index is 11.8. The molecule has 0 aliphatic carbocycles. The number of methoxy groups -OCH3 is 1. The fraction of sp³-hybridized carbons (Fsp3) is 0.238. The van der Waals surface area contributed by atoms with E-state index >= 15 is 0 Å². The largest absolute Gasteiger partial charge is 0.469 e. The lowest BCUT2D eigenvalue weighted by Gasteiger charge is -2.14. The molecule has 0 amide bonds. The van der Waals surface area contributed by atoms with Crippen LogP contribution in [0.5, 0.6) is 0 Å². The standard InChI is InChI=1S/C21H19BrN4O2/c1-13-12-24-21-17(7-9-19(27)28-2)25-20(16-5-3-4-10-23-16)15-11-14(22)6-8-18(15)26(13)21/h3-6,8,10-12,17H,7,9H2,1-2H3. The maximum absolute atomic E-state index is 11.8. The number of hydrogen-bond acceptors (Lipinski definition) is 5. The lowest BCUT2D eigenvalue weighted by molar-refractivity contribution is -0.140. The number of hydrogen-bond donors (Lipinski definition) is 0. The van der Waals surface area contributed by atoms with Gasteiger partial charge in [0, 0.05) is 34.5 Å². The first-order valence-corrected chi connectivity index (χ1v) is 9.78. The van der Waals surface area contributed by atoms with Gasteiger partial charge in [-0.05, 0) is 43.7 Å². The number of benzene rings is 1. The van der Waals surface area contributed by atoms with Crippen molar-refractivity contribution in [3.8, 4) is 5.69 Å². The number of esters is 1. The van der Waals surface area contributed by atoms with Gasteiger partial charge in [0.1, 0.15) is 11.9 Å². The average molecular weight is 439 g/mol. The lowest BCUT2D eigenvalue weighted by Crippen LogP contribution is -2.09. The Morgan fingerprint density at radius 3 is 2.86 bits per heavy atom. The molecule has 1 aliphatic rings. The van der Waals surface area contributed by atoms with E-state index in [2.05, 4.69) is 42.6 Å². The predicted molar refractivity (Wildman–Crippen MR) is 110 cm³/mol. The van der Waals surface area contributed by atoms with Gasteiger partial charge in [0.15, 0.2) is 0 Å². The number of halogens is 1. The minimum Gasteiger partial charge on any atom is -0.469 e. The van der Waals surface area contributed by atoms with E-state index < -0.39 is 0 Å². The van der Waals surface area contributed by atoms with Gasteiger partial charge in [0.2, 0.25) is 0 Å². The highest BCUT2D eigenvalue weighted by Crippen LogP contribution is 2.34. The van der Waals surface area contributed by atoms with E-state index in [1.807, 2.05) is 37.4 Å². The summed E-state index contributed by atoms with van der Waals surface area (Å²) in [6.45, 7) is 2.02. The third-order valence-electron chi connectivity index (χ3n) is 4.76. The Morgan fingerprint density at radius 1 is 1.25 bits per heavy atom. The Hall–Kier alpha value is -2.80. The zero-order valence-electron chi connectivity index (χ0n) is 15.6. The summed E-state index contributed by atoms with van der Waals surface area (Å²) in [7, 11) is 1.40. The Kier molecular flexibility index (Phi) is 5.09. The van der Waals surface area contributed by atoms with Crippen molar-refractivity contribution in [3.63, 3.8) is 0 Å². The number of carbonyl (C=O) groups is 1. The number of aromatic nitrogens is 3. The Balaban J connectivity index is 1.93. The number of aliphatic imine (C=N–C) groups is 1. The molecule has 142 valence electrons. The first-order chi connectivity index (χ1) is 13.6. The molecular weight excluding hydrogens is 420 g/mol. The molecule has 4 rings (SSSR count). The van der Waals surface area contributed by atoms with Gasteiger partial charge in [-0.1, -0.05) is 22.0 Å². The van der Waals surface area contributed by atoms with E-state index in [0.717, 1.165) is 38.6 Å². The molecule has 3 aromatic rings. The summed E-state index contributed by atoms with van der Waals surface area (Å²) < 4.78 is 7.90. The van der Waals surface area contributed by atoms with Crippen LogP contribution in [-0.2, 0) is 9.53 Å². The quantitative estimate of drug-likeness (QED) is 0.572. The topological polar surface area (TPSA) is 69.4 Å². The molecule has 0 N–H and O–H groups in total. The van der Waals surface area contributed by atoms with Gasteiger partial charge in [-0.15, -0.1) is 0 Å². The van der Waals surface area contributed by atoms with Crippen LogP contribution in [0.4, 0.5) is 0 Å². The molecule has 7 heteroatoms. The Labute approximate surface area is 171 Å². The van der Waals surface area contributed by atoms with E-state index in [9.17, 15) is 4.79 Å². The monoisotopic (exact) mass is 438 g/mol. The molecule has 0 radical (unpaired) electrons. The van der Waals surface area contributed by atoms with Crippen LogP contribution < -0.4 is 0 Å². The van der Waals surface area contributed by atoms with Gasteiger partial charge in [-0.25, -0.2) is 4.98 Å². The summed E-state index contributed by atoms with van der Waals surface area (Å²) in [6, 6.07) is 11.6. The molecule has 0 bridgehead atoms. The van der Waals surface area contributed by atoms with Gasteiger partial charge in [-0.3, -0.25) is 19.3 Å². The lowest BCUT2D eigenvalue weighted by atomic mass is 10.0. The van der Waals surface area contributed by atoms with Crippen molar-refractivity contribution >= 4 is 27.6 Å². The fourth-order valence-electron chi connectivity index (χ4n) is 3.44. The number of aryl methyl sites for hydroxylation is 1. The zero-order valence-corrected chi connectivity index (χ0v) is 17.2. The summed E-state index contributed by atoms with van der Waals surface area (Å²) in [5.41, 5.74) is 4.55. The highest BCUT2D eigenvalue weighted by Gasteiger charge is 2.28. The Morgan fingerprint density at radius 2 is 2.11 bits per heavy atom. The summed E-state index contributed by atoms with van der Waals surface area (Å²) in [5.74, 6) is 0.560. The smallest absolute Gasteiger partial charge is 0.305 e. The summed E-state index contributed by atoms with van der Waals surface area (Å²) in [4.78, 5) is 25.9. The van der Waals surface area contributed by atoms with Crippen LogP contribution in [0, 0.1) is 6.92 Å². The molecule has 0 saturated heterocycles. The van der Waals surface area contributed by atoms with Gasteiger partial charge in [0.25, 0.3) is 0 Å². The molecule has 1 aliphatic heterocycles. The third kappa shape index (κ3) is 3.38. The maximum Gasteiger partial charge on any atom is 0.305 e. The molecule has 1 aromatic carbocycles. The number of nitrogens with zero attached hydrogens (tertiary/aromatic N) is 4. The fourth-order valence-corrected chi connectivity index (χ4v) is 3.80. The number of imidazole rings is 1. The van der Waals surface area contributed by atoms with Crippen molar-refractivity contribution in [1.29, 1.82) is 0 Å².